The van der Waals surface area contributed by atoms with Gasteiger partial charge in [0.2, 0.25) is 0 Å². The number of carbonyl (C=O) groups excluding carboxylic acids is 1. The summed E-state index contributed by atoms with van der Waals surface area (Å²) < 4.78 is 30.5. The zero-order valence-electron chi connectivity index (χ0n) is 15.6. The average Bonchev–Trinajstić information content (AvgIpc) is 2.64. The number of nitrogens with zero attached hydrogens (tertiary/aromatic N) is 2. The van der Waals surface area contributed by atoms with E-state index in [4.69, 9.17) is 11.6 Å². The Kier molecular flexibility index (Phi) is 6.31. The summed E-state index contributed by atoms with van der Waals surface area (Å²) in [4.78, 5) is 16.3. The van der Waals surface area contributed by atoms with Crippen molar-refractivity contribution in [3.05, 3.63) is 86.9 Å². The van der Waals surface area contributed by atoms with Crippen molar-refractivity contribution in [2.24, 2.45) is 9.39 Å². The average molecular weight is 492 g/mol. The molecule has 3 rings (SSSR count). The highest BCUT2D eigenvalue weighted by Gasteiger charge is 2.19. The largest absolute Gasteiger partial charge is 0.290 e. The van der Waals surface area contributed by atoms with E-state index >= 15 is 0 Å². The Hall–Kier alpha value is -2.35. The van der Waals surface area contributed by atoms with Crippen LogP contribution in [0.1, 0.15) is 19.4 Å². The van der Waals surface area contributed by atoms with Crippen LogP contribution in [-0.2, 0) is 14.8 Å². The molecule has 1 aliphatic carbocycles. The van der Waals surface area contributed by atoms with Crippen LogP contribution < -0.4 is 0 Å². The van der Waals surface area contributed by atoms with Crippen molar-refractivity contribution in [3.63, 3.8) is 0 Å². The van der Waals surface area contributed by atoms with Gasteiger partial charge in [-0.15, -0.1) is 4.40 Å². The molecule has 0 atom stereocenters. The van der Waals surface area contributed by atoms with E-state index in [1.54, 1.807) is 50.2 Å². The summed E-state index contributed by atoms with van der Waals surface area (Å²) in [7, 11) is -4.01. The van der Waals surface area contributed by atoms with Crippen molar-refractivity contribution in [1.29, 1.82) is 0 Å². The Bertz CT molecular complexity index is 1170. The van der Waals surface area contributed by atoms with E-state index in [0.717, 1.165) is 4.47 Å². The second-order valence-corrected chi connectivity index (χ2v) is 9.32. The molecular weight excluding hydrogens is 476 g/mol. The molecule has 0 saturated carbocycles. The van der Waals surface area contributed by atoms with E-state index in [1.807, 2.05) is 0 Å². The monoisotopic (exact) mass is 490 g/mol. The Labute approximate surface area is 182 Å². The molecule has 0 amide bonds. The molecule has 2 aromatic rings. The van der Waals surface area contributed by atoms with E-state index in [-0.39, 0.29) is 16.5 Å². The third kappa shape index (κ3) is 5.18. The lowest BCUT2D eigenvalue weighted by atomic mass is 9.97. The minimum absolute atomic E-state index is 0.00874. The fourth-order valence-corrected chi connectivity index (χ4v) is 4.06. The van der Waals surface area contributed by atoms with Crippen LogP contribution in [0, 0.1) is 0 Å². The molecule has 1 aliphatic rings. The van der Waals surface area contributed by atoms with Crippen LogP contribution in [0.3, 0.4) is 0 Å². The molecule has 0 bridgehead atoms. The maximum atomic E-state index is 12.9. The summed E-state index contributed by atoms with van der Waals surface area (Å²) >= 11 is 9.25. The van der Waals surface area contributed by atoms with Crippen LogP contribution in [0.5, 0.6) is 0 Å². The number of halogens is 2. The van der Waals surface area contributed by atoms with Crippen molar-refractivity contribution >= 4 is 54.9 Å². The van der Waals surface area contributed by atoms with Gasteiger partial charge in [-0.3, -0.25) is 4.79 Å². The highest BCUT2D eigenvalue weighted by Crippen LogP contribution is 2.21. The maximum absolute atomic E-state index is 12.9. The number of ketones is 1. The highest BCUT2D eigenvalue weighted by molar-refractivity contribution is 9.10. The molecule has 0 N–H and O–H groups in total. The van der Waals surface area contributed by atoms with Crippen molar-refractivity contribution in [2.75, 3.05) is 0 Å². The number of benzene rings is 2. The SMILES string of the molecule is CC1=CC(=O)C=C(C)C1=N/C(=N/S(=O)(=O)c1ccc(Br)cc1)c1ccc(Cl)cc1. The van der Waals surface area contributed by atoms with Gasteiger partial charge >= 0.3 is 0 Å². The van der Waals surface area contributed by atoms with E-state index < -0.39 is 10.0 Å². The van der Waals surface area contributed by atoms with Crippen molar-refractivity contribution < 1.29 is 13.2 Å². The maximum Gasteiger partial charge on any atom is 0.284 e. The second-order valence-electron chi connectivity index (χ2n) is 6.37. The zero-order valence-corrected chi connectivity index (χ0v) is 18.7. The number of aliphatic imine (C=N–C) groups is 1. The molecule has 0 heterocycles. The van der Waals surface area contributed by atoms with E-state index in [1.165, 1.54) is 24.3 Å². The fraction of sp³-hybridized carbons (Fsp3) is 0.0952. The first kappa shape index (κ1) is 21.4. The molecule has 0 aromatic heterocycles. The molecule has 5 nitrogen and oxygen atoms in total. The number of amidine groups is 1. The smallest absolute Gasteiger partial charge is 0.284 e. The van der Waals surface area contributed by atoms with E-state index in [9.17, 15) is 13.2 Å². The molecule has 0 radical (unpaired) electrons. The number of rotatable bonds is 3. The molecule has 2 aromatic carbocycles. The lowest BCUT2D eigenvalue weighted by Gasteiger charge is -2.13. The van der Waals surface area contributed by atoms with Gasteiger partial charge in [0, 0.05) is 15.1 Å². The first-order chi connectivity index (χ1) is 13.7. The zero-order chi connectivity index (χ0) is 21.2. The van der Waals surface area contributed by atoms with Crippen molar-refractivity contribution in [2.45, 2.75) is 18.7 Å². The van der Waals surface area contributed by atoms with Gasteiger partial charge < -0.3 is 0 Å². The third-order valence-electron chi connectivity index (χ3n) is 4.10. The van der Waals surface area contributed by atoms with Gasteiger partial charge in [-0.05, 0) is 85.7 Å². The van der Waals surface area contributed by atoms with E-state index in [2.05, 4.69) is 25.3 Å². The van der Waals surface area contributed by atoms with Crippen LogP contribution >= 0.6 is 27.5 Å². The third-order valence-corrected chi connectivity index (χ3v) is 6.16. The highest BCUT2D eigenvalue weighted by atomic mass is 79.9. The van der Waals surface area contributed by atoms with Crippen molar-refractivity contribution in [1.82, 2.24) is 0 Å². The van der Waals surface area contributed by atoms with Crippen LogP contribution in [0.25, 0.3) is 0 Å². The van der Waals surface area contributed by atoms with Gasteiger partial charge in [0.25, 0.3) is 10.0 Å². The summed E-state index contributed by atoms with van der Waals surface area (Å²) in [5.74, 6) is -0.124. The predicted octanol–water partition coefficient (Wildman–Crippen LogP) is 5.15. The summed E-state index contributed by atoms with van der Waals surface area (Å²) in [5, 5.41) is 0.506. The normalized spacial score (nSPS) is 15.1. The van der Waals surface area contributed by atoms with Crippen LogP contribution in [0.2, 0.25) is 5.02 Å². The van der Waals surface area contributed by atoms with Gasteiger partial charge in [0.1, 0.15) is 0 Å². The molecule has 0 saturated heterocycles. The fourth-order valence-electron chi connectivity index (χ4n) is 2.71. The number of hydrogen-bond acceptors (Lipinski definition) is 3. The van der Waals surface area contributed by atoms with Gasteiger partial charge in [-0.25, -0.2) is 4.99 Å². The topological polar surface area (TPSA) is 75.9 Å². The molecule has 0 unspecified atom stereocenters. The van der Waals surface area contributed by atoms with Gasteiger partial charge in [-0.2, -0.15) is 8.42 Å². The Morgan fingerprint density at radius 1 is 0.931 bits per heavy atom. The molecule has 148 valence electrons. The lowest BCUT2D eigenvalue weighted by molar-refractivity contribution is -0.110. The Morgan fingerprint density at radius 2 is 1.48 bits per heavy atom. The first-order valence-electron chi connectivity index (χ1n) is 8.52. The first-order valence-corrected chi connectivity index (χ1v) is 11.1. The van der Waals surface area contributed by atoms with E-state index in [0.29, 0.717) is 27.4 Å². The van der Waals surface area contributed by atoms with Crippen LogP contribution in [-0.4, -0.2) is 25.7 Å². The molecule has 8 heteroatoms. The summed E-state index contributed by atoms with van der Waals surface area (Å²) in [6, 6.07) is 12.7. The Morgan fingerprint density at radius 3 is 2.03 bits per heavy atom. The number of carbonyl (C=O) groups is 1. The minimum Gasteiger partial charge on any atom is -0.290 e. The summed E-state index contributed by atoms with van der Waals surface area (Å²) in [6.45, 7) is 3.49. The minimum atomic E-state index is -4.01. The summed E-state index contributed by atoms with van der Waals surface area (Å²) in [6.07, 6.45) is 2.91. The second kappa shape index (κ2) is 8.57. The number of sulfonamides is 1. The quantitative estimate of drug-likeness (QED) is 0.338. The number of hydrogen-bond donors (Lipinski definition) is 0. The molecule has 0 spiro atoms. The van der Waals surface area contributed by atoms with Crippen LogP contribution in [0.4, 0.5) is 0 Å². The van der Waals surface area contributed by atoms with Gasteiger partial charge in [0.15, 0.2) is 11.6 Å². The molecule has 0 aliphatic heterocycles. The standard InChI is InChI=1S/C21H16BrClN2O3S/c1-13-11-18(26)12-14(2)20(13)24-21(15-3-7-17(23)8-4-15)25-29(27,28)19-9-5-16(22)6-10-19/h3-12H,1-2H3/b25-21+. The molecule has 29 heavy (non-hydrogen) atoms. The van der Waals surface area contributed by atoms with Crippen molar-refractivity contribution in [3.8, 4) is 0 Å². The summed E-state index contributed by atoms with van der Waals surface area (Å²) in [5.41, 5.74) is 2.26. The Balaban J connectivity index is 2.17. The van der Waals surface area contributed by atoms with Gasteiger partial charge in [0.05, 0.1) is 10.6 Å². The van der Waals surface area contributed by atoms with Gasteiger partial charge in [-0.1, -0.05) is 27.5 Å². The molecule has 0 fully saturated rings. The molecular formula is C21H16BrClN2O3S. The van der Waals surface area contributed by atoms with Crippen LogP contribution in [0.15, 0.2) is 90.6 Å². The number of allylic oxidation sites excluding steroid dienone is 4. The lowest BCUT2D eigenvalue weighted by Crippen LogP contribution is -2.14. The predicted molar refractivity (Wildman–Crippen MR) is 119 cm³/mol.